The Morgan fingerprint density at radius 3 is 2.26 bits per heavy atom. The van der Waals surface area contributed by atoms with Gasteiger partial charge >= 0.3 is 5.97 Å². The third-order valence-corrected chi connectivity index (χ3v) is 4.80. The first kappa shape index (κ1) is 20.7. The number of rotatable bonds is 6. The van der Waals surface area contributed by atoms with Gasteiger partial charge in [-0.2, -0.15) is 0 Å². The van der Waals surface area contributed by atoms with Crippen LogP contribution in [0.2, 0.25) is 5.02 Å². The first-order valence-electron chi connectivity index (χ1n) is 8.74. The van der Waals surface area contributed by atoms with Crippen molar-refractivity contribution >= 4 is 41.0 Å². The second kappa shape index (κ2) is 9.91. The SMILES string of the molecule is O=C(CCC(=O)Nc1ccccc1Cl)NNC(=O)[C@@H]1CCCC[C@@H]1C(=O)O. The van der Waals surface area contributed by atoms with E-state index < -0.39 is 29.6 Å². The fourth-order valence-electron chi connectivity index (χ4n) is 3.03. The van der Waals surface area contributed by atoms with Crippen LogP contribution in [0.25, 0.3) is 0 Å². The topological polar surface area (TPSA) is 125 Å². The molecule has 27 heavy (non-hydrogen) atoms. The number of carboxylic acid groups (broad SMARTS) is 1. The molecular formula is C18H22ClN3O5. The summed E-state index contributed by atoms with van der Waals surface area (Å²) in [5.74, 6) is -3.85. The van der Waals surface area contributed by atoms with E-state index in [0.29, 0.717) is 23.6 Å². The fraction of sp³-hybridized carbons (Fsp3) is 0.444. The minimum Gasteiger partial charge on any atom is -0.481 e. The number of hydrogen-bond acceptors (Lipinski definition) is 4. The van der Waals surface area contributed by atoms with E-state index in [-0.39, 0.29) is 18.7 Å². The van der Waals surface area contributed by atoms with Gasteiger partial charge in [-0.1, -0.05) is 36.6 Å². The smallest absolute Gasteiger partial charge is 0.307 e. The van der Waals surface area contributed by atoms with E-state index in [4.69, 9.17) is 11.6 Å². The summed E-state index contributed by atoms with van der Waals surface area (Å²) in [5.41, 5.74) is 4.95. The molecule has 3 amide bonds. The van der Waals surface area contributed by atoms with Gasteiger partial charge in [0.2, 0.25) is 17.7 Å². The first-order chi connectivity index (χ1) is 12.9. The Bertz CT molecular complexity index is 725. The van der Waals surface area contributed by atoms with Gasteiger partial charge in [0.1, 0.15) is 0 Å². The van der Waals surface area contributed by atoms with Crippen LogP contribution in [0.1, 0.15) is 38.5 Å². The van der Waals surface area contributed by atoms with E-state index in [1.807, 2.05) is 0 Å². The Balaban J connectivity index is 1.74. The minimum atomic E-state index is -1.00. The summed E-state index contributed by atoms with van der Waals surface area (Å²) < 4.78 is 0. The average Bonchev–Trinajstić information content (AvgIpc) is 2.66. The molecule has 0 bridgehead atoms. The van der Waals surface area contributed by atoms with Crippen LogP contribution < -0.4 is 16.2 Å². The molecule has 1 aliphatic rings. The highest BCUT2D eigenvalue weighted by Gasteiger charge is 2.35. The Morgan fingerprint density at radius 1 is 0.963 bits per heavy atom. The number of benzene rings is 1. The van der Waals surface area contributed by atoms with Crippen LogP contribution >= 0.6 is 11.6 Å². The number of nitrogens with one attached hydrogen (secondary N) is 3. The molecule has 2 rings (SSSR count). The lowest BCUT2D eigenvalue weighted by Gasteiger charge is -2.27. The summed E-state index contributed by atoms with van der Waals surface area (Å²) in [6.45, 7) is 0. The van der Waals surface area contributed by atoms with Crippen molar-refractivity contribution in [2.75, 3.05) is 5.32 Å². The third kappa shape index (κ3) is 6.25. The molecule has 8 nitrogen and oxygen atoms in total. The maximum absolute atomic E-state index is 12.2. The number of para-hydroxylation sites is 1. The van der Waals surface area contributed by atoms with Gasteiger partial charge < -0.3 is 10.4 Å². The van der Waals surface area contributed by atoms with Crippen LogP contribution in [0.5, 0.6) is 0 Å². The van der Waals surface area contributed by atoms with Crippen molar-refractivity contribution in [3.8, 4) is 0 Å². The van der Waals surface area contributed by atoms with Gasteiger partial charge in [-0.25, -0.2) is 0 Å². The highest BCUT2D eigenvalue weighted by molar-refractivity contribution is 6.33. The number of carbonyl (C=O) groups is 4. The lowest BCUT2D eigenvalue weighted by atomic mass is 9.79. The molecule has 0 unspecified atom stereocenters. The van der Waals surface area contributed by atoms with Gasteiger partial charge in [0, 0.05) is 12.8 Å². The summed E-state index contributed by atoms with van der Waals surface area (Å²) >= 11 is 5.94. The molecule has 2 atom stereocenters. The molecule has 9 heteroatoms. The minimum absolute atomic E-state index is 0.0892. The predicted octanol–water partition coefficient (Wildman–Crippen LogP) is 2.10. The highest BCUT2D eigenvalue weighted by Crippen LogP contribution is 2.30. The molecule has 1 fully saturated rings. The van der Waals surface area contributed by atoms with E-state index in [2.05, 4.69) is 16.2 Å². The molecule has 0 heterocycles. The molecular weight excluding hydrogens is 374 g/mol. The lowest BCUT2D eigenvalue weighted by Crippen LogP contribution is -2.48. The van der Waals surface area contributed by atoms with E-state index in [9.17, 15) is 24.3 Å². The molecule has 0 aromatic heterocycles. The number of hydrazine groups is 1. The molecule has 0 aliphatic heterocycles. The number of aliphatic carboxylic acids is 1. The molecule has 0 radical (unpaired) electrons. The zero-order chi connectivity index (χ0) is 19.8. The highest BCUT2D eigenvalue weighted by atomic mass is 35.5. The van der Waals surface area contributed by atoms with E-state index in [1.54, 1.807) is 24.3 Å². The Kier molecular flexibility index (Phi) is 7.60. The van der Waals surface area contributed by atoms with Crippen molar-refractivity contribution in [1.29, 1.82) is 0 Å². The van der Waals surface area contributed by atoms with Crippen LogP contribution in [0.4, 0.5) is 5.69 Å². The summed E-state index contributed by atoms with van der Waals surface area (Å²) in [4.78, 5) is 47.1. The first-order valence-corrected chi connectivity index (χ1v) is 9.12. The number of amides is 3. The quantitative estimate of drug-likeness (QED) is 0.549. The normalized spacial score (nSPS) is 19.0. The lowest BCUT2D eigenvalue weighted by molar-refractivity contribution is -0.149. The Labute approximate surface area is 161 Å². The van der Waals surface area contributed by atoms with E-state index >= 15 is 0 Å². The van der Waals surface area contributed by atoms with Gasteiger partial charge in [0.05, 0.1) is 22.5 Å². The van der Waals surface area contributed by atoms with Crippen molar-refractivity contribution in [2.45, 2.75) is 38.5 Å². The van der Waals surface area contributed by atoms with Crippen LogP contribution in [0, 0.1) is 11.8 Å². The van der Waals surface area contributed by atoms with Crippen LogP contribution in [0.15, 0.2) is 24.3 Å². The number of carboxylic acids is 1. The van der Waals surface area contributed by atoms with Crippen molar-refractivity contribution in [3.05, 3.63) is 29.3 Å². The van der Waals surface area contributed by atoms with Gasteiger partial charge in [-0.3, -0.25) is 30.0 Å². The standard InChI is InChI=1S/C18H22ClN3O5/c19-13-7-3-4-8-14(13)20-15(23)9-10-16(24)21-22-17(25)11-5-1-2-6-12(11)18(26)27/h3-4,7-8,11-12H,1-2,5-6,9-10H2,(H,20,23)(H,21,24)(H,22,25)(H,26,27)/t11-,12+/m1/s1. The molecule has 1 aliphatic carbocycles. The van der Waals surface area contributed by atoms with E-state index in [0.717, 1.165) is 12.8 Å². The molecule has 146 valence electrons. The maximum atomic E-state index is 12.2. The zero-order valence-corrected chi connectivity index (χ0v) is 15.4. The molecule has 4 N–H and O–H groups in total. The Hall–Kier alpha value is -2.61. The number of halogens is 1. The predicted molar refractivity (Wildman–Crippen MR) is 98.7 cm³/mol. The third-order valence-electron chi connectivity index (χ3n) is 4.47. The van der Waals surface area contributed by atoms with Gasteiger partial charge in [-0.15, -0.1) is 0 Å². The number of carbonyl (C=O) groups excluding carboxylic acids is 3. The van der Waals surface area contributed by atoms with E-state index in [1.165, 1.54) is 0 Å². The molecule has 0 saturated heterocycles. The zero-order valence-electron chi connectivity index (χ0n) is 14.7. The van der Waals surface area contributed by atoms with Crippen molar-refractivity contribution in [1.82, 2.24) is 10.9 Å². The molecule has 1 saturated carbocycles. The van der Waals surface area contributed by atoms with Gasteiger partial charge in [-0.05, 0) is 25.0 Å². The van der Waals surface area contributed by atoms with Gasteiger partial charge in [0.15, 0.2) is 0 Å². The number of hydrogen-bond donors (Lipinski definition) is 4. The van der Waals surface area contributed by atoms with Gasteiger partial charge in [0.25, 0.3) is 0 Å². The summed E-state index contributed by atoms with van der Waals surface area (Å²) in [6, 6.07) is 6.73. The monoisotopic (exact) mass is 395 g/mol. The Morgan fingerprint density at radius 2 is 1.59 bits per heavy atom. The largest absolute Gasteiger partial charge is 0.481 e. The summed E-state index contributed by atoms with van der Waals surface area (Å²) in [6.07, 6.45) is 2.24. The molecule has 0 spiro atoms. The van der Waals surface area contributed by atoms with Crippen LogP contribution in [0.3, 0.4) is 0 Å². The second-order valence-electron chi connectivity index (χ2n) is 6.40. The molecule has 1 aromatic carbocycles. The summed E-state index contributed by atoms with van der Waals surface area (Å²) in [5, 5.41) is 12.2. The van der Waals surface area contributed by atoms with Crippen molar-refractivity contribution in [2.24, 2.45) is 11.8 Å². The second-order valence-corrected chi connectivity index (χ2v) is 6.81. The molecule has 1 aromatic rings. The van der Waals surface area contributed by atoms with Crippen molar-refractivity contribution < 1.29 is 24.3 Å². The number of anilines is 1. The van der Waals surface area contributed by atoms with Crippen molar-refractivity contribution in [3.63, 3.8) is 0 Å². The maximum Gasteiger partial charge on any atom is 0.307 e. The fourth-order valence-corrected chi connectivity index (χ4v) is 3.21. The van der Waals surface area contributed by atoms with Crippen LogP contribution in [-0.4, -0.2) is 28.8 Å². The average molecular weight is 396 g/mol. The van der Waals surface area contributed by atoms with Crippen LogP contribution in [-0.2, 0) is 19.2 Å². The summed E-state index contributed by atoms with van der Waals surface area (Å²) in [7, 11) is 0.